The van der Waals surface area contributed by atoms with Gasteiger partial charge < -0.3 is 14.9 Å². The van der Waals surface area contributed by atoms with Gasteiger partial charge in [-0.2, -0.15) is 4.72 Å². The van der Waals surface area contributed by atoms with E-state index >= 15 is 0 Å². The second-order valence-electron chi connectivity index (χ2n) is 4.33. The molecule has 0 saturated heterocycles. The number of ether oxygens (including phenoxy) is 1. The third-order valence-electron chi connectivity index (χ3n) is 2.64. The van der Waals surface area contributed by atoms with Crippen molar-refractivity contribution < 1.29 is 28.2 Å². The van der Waals surface area contributed by atoms with Crippen LogP contribution in [0, 0.1) is 6.92 Å². The Bertz CT molecular complexity index is 596. The highest BCUT2D eigenvalue weighted by Gasteiger charge is 2.30. The number of aliphatic hydroxyl groups excluding tert-OH is 1. The Morgan fingerprint density at radius 3 is 2.45 bits per heavy atom. The first-order valence-corrected chi connectivity index (χ1v) is 7.25. The third kappa shape index (κ3) is 3.69. The highest BCUT2D eigenvalue weighted by Crippen LogP contribution is 2.24. The highest BCUT2D eigenvalue weighted by atomic mass is 32.2. The molecule has 0 unspecified atom stereocenters. The number of hydrogen-bond donors (Lipinski definition) is 3. The lowest BCUT2D eigenvalue weighted by molar-refractivity contribution is -0.141. The largest absolute Gasteiger partial charge is 0.495 e. The Morgan fingerprint density at radius 2 is 2.00 bits per heavy atom. The molecule has 0 aliphatic rings. The number of carboxylic acid groups (broad SMARTS) is 1. The molecule has 0 aliphatic heterocycles. The Hall–Kier alpha value is -1.64. The van der Waals surface area contributed by atoms with E-state index in [1.165, 1.54) is 26.2 Å². The summed E-state index contributed by atoms with van der Waals surface area (Å²) in [5, 5.41) is 18.3. The van der Waals surface area contributed by atoms with Crippen molar-refractivity contribution >= 4 is 16.0 Å². The number of sulfonamides is 1. The van der Waals surface area contributed by atoms with Crippen LogP contribution >= 0.6 is 0 Å². The monoisotopic (exact) mass is 303 g/mol. The van der Waals surface area contributed by atoms with Crippen molar-refractivity contribution in [3.63, 3.8) is 0 Å². The third-order valence-corrected chi connectivity index (χ3v) is 4.10. The van der Waals surface area contributed by atoms with E-state index in [1.54, 1.807) is 13.0 Å². The maximum Gasteiger partial charge on any atom is 0.324 e. The van der Waals surface area contributed by atoms with Crippen molar-refractivity contribution in [2.75, 3.05) is 7.11 Å². The molecule has 0 saturated carbocycles. The van der Waals surface area contributed by atoms with E-state index in [0.717, 1.165) is 0 Å². The van der Waals surface area contributed by atoms with Crippen molar-refractivity contribution in [3.8, 4) is 5.75 Å². The van der Waals surface area contributed by atoms with Crippen molar-refractivity contribution in [2.45, 2.75) is 30.9 Å². The first-order chi connectivity index (χ1) is 9.19. The van der Waals surface area contributed by atoms with E-state index in [0.29, 0.717) is 5.56 Å². The van der Waals surface area contributed by atoms with Gasteiger partial charge in [0.1, 0.15) is 16.7 Å². The second kappa shape index (κ2) is 6.21. The molecular weight excluding hydrogens is 286 g/mol. The van der Waals surface area contributed by atoms with Gasteiger partial charge in [0.25, 0.3) is 0 Å². The van der Waals surface area contributed by atoms with Gasteiger partial charge in [0.2, 0.25) is 10.0 Å². The first kappa shape index (κ1) is 16.4. The van der Waals surface area contributed by atoms with Crippen molar-refractivity contribution in [3.05, 3.63) is 23.8 Å². The van der Waals surface area contributed by atoms with E-state index in [9.17, 15) is 18.3 Å². The molecule has 8 heteroatoms. The van der Waals surface area contributed by atoms with Gasteiger partial charge in [0.15, 0.2) is 0 Å². The number of methoxy groups -OCH3 is 1. The molecule has 20 heavy (non-hydrogen) atoms. The van der Waals surface area contributed by atoms with Crippen molar-refractivity contribution in [1.82, 2.24) is 4.72 Å². The van der Waals surface area contributed by atoms with Crippen LogP contribution in [0.3, 0.4) is 0 Å². The highest BCUT2D eigenvalue weighted by molar-refractivity contribution is 7.89. The molecule has 0 heterocycles. The van der Waals surface area contributed by atoms with Gasteiger partial charge >= 0.3 is 5.97 Å². The maximum absolute atomic E-state index is 12.2. The molecule has 1 rings (SSSR count). The quantitative estimate of drug-likeness (QED) is 0.688. The molecule has 7 nitrogen and oxygen atoms in total. The van der Waals surface area contributed by atoms with Crippen molar-refractivity contribution in [1.29, 1.82) is 0 Å². The van der Waals surface area contributed by atoms with Gasteiger partial charge in [-0.3, -0.25) is 4.79 Å². The van der Waals surface area contributed by atoms with E-state index < -0.39 is 28.1 Å². The van der Waals surface area contributed by atoms with Crippen LogP contribution in [-0.4, -0.2) is 43.9 Å². The lowest BCUT2D eigenvalue weighted by Gasteiger charge is -2.18. The van der Waals surface area contributed by atoms with Gasteiger partial charge in [-0.05, 0) is 31.5 Å². The number of hydrogen-bond acceptors (Lipinski definition) is 5. The molecule has 0 amide bonds. The molecule has 3 N–H and O–H groups in total. The van der Waals surface area contributed by atoms with Crippen molar-refractivity contribution in [2.24, 2.45) is 0 Å². The molecule has 0 bridgehead atoms. The number of rotatable bonds is 6. The fraction of sp³-hybridized carbons (Fsp3) is 0.417. The van der Waals surface area contributed by atoms with Gasteiger partial charge in [-0.15, -0.1) is 0 Å². The summed E-state index contributed by atoms with van der Waals surface area (Å²) in [4.78, 5) is 10.8. The molecule has 1 aromatic carbocycles. The minimum absolute atomic E-state index is 0.0952. The van der Waals surface area contributed by atoms with E-state index in [-0.39, 0.29) is 10.6 Å². The molecule has 1 aromatic rings. The lowest BCUT2D eigenvalue weighted by atomic mass is 10.2. The fourth-order valence-electron chi connectivity index (χ4n) is 1.58. The summed E-state index contributed by atoms with van der Waals surface area (Å²) in [5.74, 6) is -1.37. The van der Waals surface area contributed by atoms with E-state index in [4.69, 9.17) is 9.84 Å². The normalized spacial score (nSPS) is 14.6. The summed E-state index contributed by atoms with van der Waals surface area (Å²) in [5.41, 5.74) is 0.676. The van der Waals surface area contributed by atoms with Gasteiger partial charge in [-0.1, -0.05) is 6.07 Å². The standard InChI is InChI=1S/C12H17NO6S/c1-7-4-5-9(19-3)10(6-7)20(17,18)13-11(8(2)14)12(15)16/h4-6,8,11,13-14H,1-3H3,(H,15,16)/t8-,11+/m1/s1. The maximum atomic E-state index is 12.2. The lowest BCUT2D eigenvalue weighted by Crippen LogP contribution is -2.47. The number of aryl methyl sites for hydroxylation is 1. The van der Waals surface area contributed by atoms with Crippen LogP contribution < -0.4 is 9.46 Å². The van der Waals surface area contributed by atoms with E-state index in [2.05, 4.69) is 0 Å². The number of benzene rings is 1. The summed E-state index contributed by atoms with van der Waals surface area (Å²) in [6.07, 6.45) is -1.38. The van der Waals surface area contributed by atoms with Crippen LogP contribution in [0.25, 0.3) is 0 Å². The van der Waals surface area contributed by atoms with Gasteiger partial charge in [0, 0.05) is 0 Å². The van der Waals surface area contributed by atoms with Gasteiger partial charge in [-0.25, -0.2) is 8.42 Å². The number of aliphatic carboxylic acids is 1. The average molecular weight is 303 g/mol. The van der Waals surface area contributed by atoms with Crippen LogP contribution in [-0.2, 0) is 14.8 Å². The van der Waals surface area contributed by atoms with Gasteiger partial charge in [0.05, 0.1) is 13.2 Å². The van der Waals surface area contributed by atoms with Crippen LogP contribution in [0.4, 0.5) is 0 Å². The molecule has 0 fully saturated rings. The summed E-state index contributed by atoms with van der Waals surface area (Å²) in [6, 6.07) is 2.87. The number of nitrogens with one attached hydrogen (secondary N) is 1. The predicted molar refractivity (Wildman–Crippen MR) is 71.2 cm³/mol. The minimum atomic E-state index is -4.13. The first-order valence-electron chi connectivity index (χ1n) is 5.77. The minimum Gasteiger partial charge on any atom is -0.495 e. The molecule has 0 aromatic heterocycles. The Labute approximate surface area is 117 Å². The topological polar surface area (TPSA) is 113 Å². The second-order valence-corrected chi connectivity index (χ2v) is 6.01. The number of carbonyl (C=O) groups is 1. The van der Waals surface area contributed by atoms with Crippen LogP contribution in [0.15, 0.2) is 23.1 Å². The summed E-state index contributed by atoms with van der Waals surface area (Å²) in [6.45, 7) is 2.89. The Kier molecular flexibility index (Phi) is 5.09. The van der Waals surface area contributed by atoms with E-state index in [1.807, 2.05) is 4.72 Å². The molecule has 0 aliphatic carbocycles. The Balaban J connectivity index is 3.23. The van der Waals surface area contributed by atoms with Crippen LogP contribution in [0.2, 0.25) is 0 Å². The summed E-state index contributed by atoms with van der Waals surface area (Å²) in [7, 11) is -2.82. The summed E-state index contributed by atoms with van der Waals surface area (Å²) >= 11 is 0. The molecule has 112 valence electrons. The summed E-state index contributed by atoms with van der Waals surface area (Å²) < 4.78 is 31.3. The molecule has 2 atom stereocenters. The predicted octanol–water partition coefficient (Wildman–Crippen LogP) is 0.116. The number of aliphatic hydroxyl groups is 1. The molecule has 0 radical (unpaired) electrons. The number of carboxylic acids is 1. The molecule has 0 spiro atoms. The zero-order valence-corrected chi connectivity index (χ0v) is 12.1. The zero-order chi connectivity index (χ0) is 15.5. The average Bonchev–Trinajstić information content (AvgIpc) is 2.35. The molecular formula is C12H17NO6S. The van der Waals surface area contributed by atoms with Crippen LogP contribution in [0.5, 0.6) is 5.75 Å². The Morgan fingerprint density at radius 1 is 1.40 bits per heavy atom. The fourth-order valence-corrected chi connectivity index (χ4v) is 3.10. The van der Waals surface area contributed by atoms with Crippen LogP contribution in [0.1, 0.15) is 12.5 Å². The zero-order valence-electron chi connectivity index (χ0n) is 11.3. The SMILES string of the molecule is COc1ccc(C)cc1S(=O)(=O)N[C@H](C(=O)O)[C@@H](C)O. The smallest absolute Gasteiger partial charge is 0.324 e.